The molecule has 4 nitrogen and oxygen atoms in total. The van der Waals surface area contributed by atoms with Crippen LogP contribution in [-0.4, -0.2) is 21.6 Å². The second-order valence-electron chi connectivity index (χ2n) is 4.40. The van der Waals surface area contributed by atoms with E-state index in [0.717, 1.165) is 24.1 Å². The van der Waals surface area contributed by atoms with Gasteiger partial charge in [0.1, 0.15) is 0 Å². The Morgan fingerprint density at radius 2 is 1.95 bits per heavy atom. The molecule has 0 aromatic heterocycles. The molecule has 0 heterocycles. The topological polar surface area (TPSA) is 72.2 Å². The lowest BCUT2D eigenvalue weighted by atomic mass is 10.2. The van der Waals surface area contributed by atoms with Gasteiger partial charge in [-0.2, -0.15) is 0 Å². The Kier molecular flexibility index (Phi) is 7.36. The van der Waals surface area contributed by atoms with E-state index in [2.05, 4.69) is 12.2 Å². The summed E-state index contributed by atoms with van der Waals surface area (Å²) in [5.41, 5.74) is 7.28. The van der Waals surface area contributed by atoms with Crippen molar-refractivity contribution in [1.82, 2.24) is 0 Å². The van der Waals surface area contributed by atoms with Crippen LogP contribution in [0.5, 0.6) is 0 Å². The first-order valence-electron chi connectivity index (χ1n) is 6.59. The summed E-state index contributed by atoms with van der Waals surface area (Å²) < 4.78 is 11.6. The molecule has 0 saturated heterocycles. The maximum Gasteiger partial charge on any atom is 0.225 e. The lowest BCUT2D eigenvalue weighted by molar-refractivity contribution is -0.115. The van der Waals surface area contributed by atoms with Crippen molar-refractivity contribution in [2.24, 2.45) is 5.73 Å². The van der Waals surface area contributed by atoms with Crippen molar-refractivity contribution in [2.45, 2.75) is 32.7 Å². The highest BCUT2D eigenvalue weighted by Crippen LogP contribution is 2.09. The van der Waals surface area contributed by atoms with Crippen molar-refractivity contribution < 1.29 is 9.00 Å². The lowest BCUT2D eigenvalue weighted by Crippen LogP contribution is -2.15. The van der Waals surface area contributed by atoms with Crippen LogP contribution in [0.25, 0.3) is 0 Å². The summed E-state index contributed by atoms with van der Waals surface area (Å²) >= 11 is 0. The molecule has 19 heavy (non-hydrogen) atoms. The van der Waals surface area contributed by atoms with Gasteiger partial charge in [-0.1, -0.05) is 25.5 Å². The molecule has 0 radical (unpaired) electrons. The van der Waals surface area contributed by atoms with E-state index in [-0.39, 0.29) is 5.91 Å². The van der Waals surface area contributed by atoms with E-state index in [0.29, 0.717) is 24.5 Å². The highest BCUT2D eigenvalue weighted by molar-refractivity contribution is 7.84. The molecule has 1 unspecified atom stereocenters. The number of nitrogens with two attached hydrogens (primary N) is 1. The maximum absolute atomic E-state index is 11.7. The summed E-state index contributed by atoms with van der Waals surface area (Å²) in [5, 5.41) is 2.79. The van der Waals surface area contributed by atoms with E-state index in [1.807, 2.05) is 24.3 Å². The molecule has 1 rings (SSSR count). The van der Waals surface area contributed by atoms with Crippen molar-refractivity contribution in [3.8, 4) is 0 Å². The monoisotopic (exact) mass is 282 g/mol. The van der Waals surface area contributed by atoms with E-state index >= 15 is 0 Å². The number of benzene rings is 1. The van der Waals surface area contributed by atoms with Gasteiger partial charge >= 0.3 is 0 Å². The molecular formula is C14H22N2O2S. The van der Waals surface area contributed by atoms with Gasteiger partial charge in [-0.15, -0.1) is 0 Å². The molecule has 0 saturated carbocycles. The first kappa shape index (κ1) is 15.9. The van der Waals surface area contributed by atoms with Crippen LogP contribution in [0.1, 0.15) is 31.7 Å². The average Bonchev–Trinajstić information content (AvgIpc) is 2.43. The van der Waals surface area contributed by atoms with Crippen LogP contribution >= 0.6 is 0 Å². The van der Waals surface area contributed by atoms with Gasteiger partial charge in [0.15, 0.2) is 0 Å². The standard InChI is InChI=1S/C14H22N2O2S/c1-2-3-9-19(18)10-8-14(17)16-13-6-4-12(11-15)5-7-13/h4-7H,2-3,8-11,15H2,1H3,(H,16,17). The molecule has 0 spiro atoms. The number of nitrogens with one attached hydrogen (secondary N) is 1. The normalized spacial score (nSPS) is 12.1. The summed E-state index contributed by atoms with van der Waals surface area (Å²) in [6.45, 7) is 2.56. The number of anilines is 1. The van der Waals surface area contributed by atoms with Gasteiger partial charge in [0, 0.05) is 41.0 Å². The number of unbranched alkanes of at least 4 members (excludes halogenated alkanes) is 1. The number of hydrogen-bond donors (Lipinski definition) is 2. The zero-order valence-electron chi connectivity index (χ0n) is 11.4. The summed E-state index contributed by atoms with van der Waals surface area (Å²) in [7, 11) is -0.881. The second kappa shape index (κ2) is 8.82. The van der Waals surface area contributed by atoms with Crippen LogP contribution in [-0.2, 0) is 22.1 Å². The van der Waals surface area contributed by atoms with E-state index in [4.69, 9.17) is 5.73 Å². The molecule has 1 aromatic carbocycles. The van der Waals surface area contributed by atoms with Crippen LogP contribution in [0.4, 0.5) is 5.69 Å². The van der Waals surface area contributed by atoms with Crippen LogP contribution in [0.2, 0.25) is 0 Å². The fourth-order valence-electron chi connectivity index (χ4n) is 1.56. The van der Waals surface area contributed by atoms with Gasteiger partial charge in [-0.25, -0.2) is 0 Å². The molecule has 0 fully saturated rings. The predicted molar refractivity (Wildman–Crippen MR) is 80.4 cm³/mol. The Morgan fingerprint density at radius 1 is 1.26 bits per heavy atom. The molecule has 5 heteroatoms. The molecule has 1 aromatic rings. The number of amides is 1. The maximum atomic E-state index is 11.7. The quantitative estimate of drug-likeness (QED) is 0.766. The zero-order chi connectivity index (χ0) is 14.1. The lowest BCUT2D eigenvalue weighted by Gasteiger charge is -2.06. The van der Waals surface area contributed by atoms with Gasteiger partial charge in [0.05, 0.1) is 0 Å². The third-order valence-corrected chi connectivity index (χ3v) is 4.16. The number of rotatable bonds is 8. The van der Waals surface area contributed by atoms with Crippen LogP contribution in [0, 0.1) is 0 Å². The molecule has 0 aliphatic rings. The summed E-state index contributed by atoms with van der Waals surface area (Å²) in [6.07, 6.45) is 2.29. The Bertz CT molecular complexity index is 418. The van der Waals surface area contributed by atoms with Crippen LogP contribution in [0.3, 0.4) is 0 Å². The highest BCUT2D eigenvalue weighted by Gasteiger charge is 2.06. The fourth-order valence-corrected chi connectivity index (χ4v) is 2.79. The minimum absolute atomic E-state index is 0.0923. The third kappa shape index (κ3) is 6.50. The van der Waals surface area contributed by atoms with Crippen molar-refractivity contribution in [3.63, 3.8) is 0 Å². The Labute approximate surface area is 117 Å². The van der Waals surface area contributed by atoms with Crippen LogP contribution < -0.4 is 11.1 Å². The van der Waals surface area contributed by atoms with Crippen molar-refractivity contribution in [3.05, 3.63) is 29.8 Å². The summed E-state index contributed by atoms with van der Waals surface area (Å²) in [5.74, 6) is 1.03. The fraction of sp³-hybridized carbons (Fsp3) is 0.500. The van der Waals surface area contributed by atoms with Gasteiger partial charge in [-0.3, -0.25) is 9.00 Å². The predicted octanol–water partition coefficient (Wildman–Crippen LogP) is 2.02. The molecule has 1 amide bonds. The smallest absolute Gasteiger partial charge is 0.225 e. The Balaban J connectivity index is 2.32. The minimum Gasteiger partial charge on any atom is -0.326 e. The molecule has 3 N–H and O–H groups in total. The zero-order valence-corrected chi connectivity index (χ0v) is 12.2. The van der Waals surface area contributed by atoms with Crippen LogP contribution in [0.15, 0.2) is 24.3 Å². The first-order chi connectivity index (χ1) is 9.15. The Morgan fingerprint density at radius 3 is 2.53 bits per heavy atom. The number of carbonyl (C=O) groups is 1. The second-order valence-corrected chi connectivity index (χ2v) is 6.10. The van der Waals surface area contributed by atoms with Gasteiger partial charge in [0.25, 0.3) is 0 Å². The molecule has 0 aliphatic heterocycles. The van der Waals surface area contributed by atoms with E-state index in [1.54, 1.807) is 0 Å². The largest absolute Gasteiger partial charge is 0.326 e. The number of hydrogen-bond acceptors (Lipinski definition) is 3. The summed E-state index contributed by atoms with van der Waals surface area (Å²) in [6, 6.07) is 7.42. The molecular weight excluding hydrogens is 260 g/mol. The van der Waals surface area contributed by atoms with Crippen molar-refractivity contribution >= 4 is 22.4 Å². The minimum atomic E-state index is -0.881. The SMILES string of the molecule is CCCCS(=O)CCC(=O)Nc1ccc(CN)cc1. The average molecular weight is 282 g/mol. The number of carbonyl (C=O) groups excluding carboxylic acids is 1. The van der Waals surface area contributed by atoms with Gasteiger partial charge in [0.2, 0.25) is 5.91 Å². The molecule has 1 atom stereocenters. The van der Waals surface area contributed by atoms with E-state index < -0.39 is 10.8 Å². The third-order valence-electron chi connectivity index (χ3n) is 2.76. The molecule has 0 aliphatic carbocycles. The first-order valence-corrected chi connectivity index (χ1v) is 8.08. The van der Waals surface area contributed by atoms with Gasteiger partial charge < -0.3 is 11.1 Å². The van der Waals surface area contributed by atoms with Crippen molar-refractivity contribution in [1.29, 1.82) is 0 Å². The summed E-state index contributed by atoms with van der Waals surface area (Å²) in [4.78, 5) is 11.7. The van der Waals surface area contributed by atoms with E-state index in [1.165, 1.54) is 0 Å². The van der Waals surface area contributed by atoms with E-state index in [9.17, 15) is 9.00 Å². The van der Waals surface area contributed by atoms with Gasteiger partial charge in [-0.05, 0) is 24.1 Å². The van der Waals surface area contributed by atoms with Crippen molar-refractivity contribution in [2.75, 3.05) is 16.8 Å². The highest BCUT2D eigenvalue weighted by atomic mass is 32.2. The Hall–Kier alpha value is -1.20. The molecule has 106 valence electrons. The molecule has 0 bridgehead atoms.